The fraction of sp³-hybridized carbons (Fsp3) is 0.571. The van der Waals surface area contributed by atoms with E-state index in [4.69, 9.17) is 0 Å². The van der Waals surface area contributed by atoms with Gasteiger partial charge in [-0.25, -0.2) is 8.78 Å². The molecule has 2 unspecified atom stereocenters. The predicted molar refractivity (Wildman–Crippen MR) is 66.0 cm³/mol. The fourth-order valence-electron chi connectivity index (χ4n) is 2.46. The van der Waals surface area contributed by atoms with Gasteiger partial charge in [-0.15, -0.1) is 0 Å². The molecule has 1 nitrogen and oxygen atoms in total. The molecule has 2 atom stereocenters. The summed E-state index contributed by atoms with van der Waals surface area (Å²) >= 11 is 0. The number of rotatable bonds is 2. The lowest BCUT2D eigenvalue weighted by Crippen LogP contribution is -2.19. The highest BCUT2D eigenvalue weighted by Crippen LogP contribution is 2.26. The smallest absolute Gasteiger partial charge is 0.149 e. The lowest BCUT2D eigenvalue weighted by atomic mass is 10.0. The van der Waals surface area contributed by atoms with Gasteiger partial charge in [-0.2, -0.15) is 0 Å². The molecule has 2 rings (SSSR count). The van der Waals surface area contributed by atoms with Gasteiger partial charge in [0.1, 0.15) is 11.6 Å². The Morgan fingerprint density at radius 2 is 1.94 bits per heavy atom. The Labute approximate surface area is 101 Å². The number of hydrogen-bond donors (Lipinski definition) is 1. The number of benzene rings is 1. The quantitative estimate of drug-likeness (QED) is 0.757. The molecule has 94 valence electrons. The summed E-state index contributed by atoms with van der Waals surface area (Å²) in [6, 6.07) is 4.03. The van der Waals surface area contributed by atoms with Crippen molar-refractivity contribution < 1.29 is 8.78 Å². The average Bonchev–Trinajstić information content (AvgIpc) is 2.48. The summed E-state index contributed by atoms with van der Waals surface area (Å²) in [7, 11) is 0. The Morgan fingerprint density at radius 1 is 1.12 bits per heavy atom. The maximum Gasteiger partial charge on any atom is 0.149 e. The van der Waals surface area contributed by atoms with Crippen molar-refractivity contribution in [2.24, 2.45) is 5.92 Å². The second-order valence-electron chi connectivity index (χ2n) is 5.08. The van der Waals surface area contributed by atoms with Gasteiger partial charge in [-0.1, -0.05) is 19.8 Å². The minimum atomic E-state index is -0.525. The summed E-state index contributed by atoms with van der Waals surface area (Å²) < 4.78 is 26.3. The Bertz CT molecular complexity index is 378. The third kappa shape index (κ3) is 3.42. The highest BCUT2D eigenvalue weighted by molar-refractivity contribution is 5.45. The van der Waals surface area contributed by atoms with Crippen LogP contribution in [0.1, 0.15) is 39.0 Å². The molecule has 3 heteroatoms. The highest BCUT2D eigenvalue weighted by Gasteiger charge is 2.17. The molecule has 1 N–H and O–H groups in total. The molecule has 17 heavy (non-hydrogen) atoms. The molecule has 0 bridgehead atoms. The molecule has 0 aromatic heterocycles. The summed E-state index contributed by atoms with van der Waals surface area (Å²) in [5.41, 5.74) is 0.422. The molecule has 0 saturated heterocycles. The molecule has 1 aliphatic carbocycles. The second-order valence-corrected chi connectivity index (χ2v) is 5.08. The first-order chi connectivity index (χ1) is 8.15. The molecule has 1 aromatic carbocycles. The minimum Gasteiger partial charge on any atom is -0.380 e. The summed E-state index contributed by atoms with van der Waals surface area (Å²) in [5.74, 6) is -0.260. The van der Waals surface area contributed by atoms with Gasteiger partial charge in [0.2, 0.25) is 0 Å². The zero-order valence-electron chi connectivity index (χ0n) is 10.2. The molecule has 0 spiro atoms. The van der Waals surface area contributed by atoms with E-state index in [0.29, 0.717) is 11.7 Å². The largest absolute Gasteiger partial charge is 0.380 e. The Kier molecular flexibility index (Phi) is 3.97. The fourth-order valence-corrected chi connectivity index (χ4v) is 2.46. The summed E-state index contributed by atoms with van der Waals surface area (Å²) in [6.07, 6.45) is 5.76. The van der Waals surface area contributed by atoms with Crippen molar-refractivity contribution in [2.45, 2.75) is 45.1 Å². The molecule has 0 radical (unpaired) electrons. The third-order valence-corrected chi connectivity index (χ3v) is 3.55. The van der Waals surface area contributed by atoms with Crippen LogP contribution in [-0.4, -0.2) is 6.04 Å². The van der Waals surface area contributed by atoms with E-state index in [0.717, 1.165) is 24.8 Å². The number of hydrogen-bond acceptors (Lipinski definition) is 1. The van der Waals surface area contributed by atoms with E-state index >= 15 is 0 Å². The molecule has 0 heterocycles. The van der Waals surface area contributed by atoms with Gasteiger partial charge in [0, 0.05) is 12.1 Å². The van der Waals surface area contributed by atoms with Crippen LogP contribution in [0.15, 0.2) is 18.2 Å². The molecule has 0 aliphatic heterocycles. The van der Waals surface area contributed by atoms with Crippen LogP contribution in [0.2, 0.25) is 0 Å². The standard InChI is InChI=1S/C14H19F2N/c1-10-3-2-4-12(7-5-10)17-14-8-6-11(15)9-13(14)16/h6,8-10,12,17H,2-5,7H2,1H3. The van der Waals surface area contributed by atoms with Crippen molar-refractivity contribution in [2.75, 3.05) is 5.32 Å². The van der Waals surface area contributed by atoms with Crippen LogP contribution >= 0.6 is 0 Å². The number of anilines is 1. The number of nitrogens with one attached hydrogen (secondary N) is 1. The Hall–Kier alpha value is -1.12. The maximum atomic E-state index is 13.5. The number of halogens is 2. The lowest BCUT2D eigenvalue weighted by molar-refractivity contribution is 0.501. The third-order valence-electron chi connectivity index (χ3n) is 3.55. The van der Waals surface area contributed by atoms with Crippen LogP contribution in [0, 0.1) is 17.6 Å². The van der Waals surface area contributed by atoms with Crippen LogP contribution in [0.3, 0.4) is 0 Å². The van der Waals surface area contributed by atoms with Crippen LogP contribution < -0.4 is 5.32 Å². The second kappa shape index (κ2) is 5.48. The van der Waals surface area contributed by atoms with Crippen LogP contribution in [-0.2, 0) is 0 Å². The van der Waals surface area contributed by atoms with Gasteiger partial charge in [0.15, 0.2) is 0 Å². The van der Waals surface area contributed by atoms with Gasteiger partial charge >= 0.3 is 0 Å². The Morgan fingerprint density at radius 3 is 2.71 bits per heavy atom. The molecular weight excluding hydrogens is 220 g/mol. The van der Waals surface area contributed by atoms with Crippen molar-refractivity contribution in [1.29, 1.82) is 0 Å². The van der Waals surface area contributed by atoms with Crippen molar-refractivity contribution in [1.82, 2.24) is 0 Å². The summed E-state index contributed by atoms with van der Waals surface area (Å²) in [6.45, 7) is 2.26. The summed E-state index contributed by atoms with van der Waals surface area (Å²) in [5, 5.41) is 3.20. The van der Waals surface area contributed by atoms with Crippen LogP contribution in [0.5, 0.6) is 0 Å². The molecule has 1 aromatic rings. The van der Waals surface area contributed by atoms with E-state index < -0.39 is 11.6 Å². The maximum absolute atomic E-state index is 13.5. The van der Waals surface area contributed by atoms with Gasteiger partial charge in [0.25, 0.3) is 0 Å². The van der Waals surface area contributed by atoms with Crippen LogP contribution in [0.4, 0.5) is 14.5 Å². The molecule has 0 amide bonds. The normalized spacial score (nSPS) is 25.4. The first kappa shape index (κ1) is 12.3. The van der Waals surface area contributed by atoms with Gasteiger partial charge < -0.3 is 5.32 Å². The van der Waals surface area contributed by atoms with E-state index in [2.05, 4.69) is 12.2 Å². The van der Waals surface area contributed by atoms with Crippen molar-refractivity contribution in [3.8, 4) is 0 Å². The molecular formula is C14H19F2N. The average molecular weight is 239 g/mol. The zero-order valence-corrected chi connectivity index (χ0v) is 10.2. The van der Waals surface area contributed by atoms with E-state index in [-0.39, 0.29) is 0 Å². The van der Waals surface area contributed by atoms with Crippen molar-refractivity contribution >= 4 is 5.69 Å². The van der Waals surface area contributed by atoms with E-state index in [9.17, 15) is 8.78 Å². The zero-order chi connectivity index (χ0) is 12.3. The van der Waals surface area contributed by atoms with Gasteiger partial charge in [-0.3, -0.25) is 0 Å². The Balaban J connectivity index is 2.00. The van der Waals surface area contributed by atoms with Crippen molar-refractivity contribution in [3.05, 3.63) is 29.8 Å². The van der Waals surface area contributed by atoms with E-state index in [1.54, 1.807) is 0 Å². The van der Waals surface area contributed by atoms with Crippen LogP contribution in [0.25, 0.3) is 0 Å². The monoisotopic (exact) mass is 239 g/mol. The van der Waals surface area contributed by atoms with E-state index in [1.807, 2.05) is 0 Å². The first-order valence-corrected chi connectivity index (χ1v) is 6.37. The molecule has 1 aliphatic rings. The highest BCUT2D eigenvalue weighted by atomic mass is 19.1. The van der Waals surface area contributed by atoms with Crippen molar-refractivity contribution in [3.63, 3.8) is 0 Å². The van der Waals surface area contributed by atoms with Gasteiger partial charge in [-0.05, 0) is 37.3 Å². The molecule has 1 saturated carbocycles. The molecule has 1 fully saturated rings. The predicted octanol–water partition coefficient (Wildman–Crippen LogP) is 4.35. The van der Waals surface area contributed by atoms with E-state index in [1.165, 1.54) is 31.4 Å². The topological polar surface area (TPSA) is 12.0 Å². The van der Waals surface area contributed by atoms with Gasteiger partial charge in [0.05, 0.1) is 5.69 Å². The minimum absolute atomic E-state index is 0.319. The summed E-state index contributed by atoms with van der Waals surface area (Å²) in [4.78, 5) is 0. The first-order valence-electron chi connectivity index (χ1n) is 6.37. The SMILES string of the molecule is CC1CCCC(Nc2ccc(F)cc2F)CC1. The lowest BCUT2D eigenvalue weighted by Gasteiger charge is -2.18.